The van der Waals surface area contributed by atoms with Gasteiger partial charge in [-0.2, -0.15) is 0 Å². The number of esters is 1. The Kier molecular flexibility index (Phi) is 5.22. The summed E-state index contributed by atoms with van der Waals surface area (Å²) >= 11 is 1.49. The Hall–Kier alpha value is -2.55. The molecule has 2 aromatic rings. The molecule has 0 aromatic carbocycles. The lowest BCUT2D eigenvalue weighted by atomic mass is 9.97. The summed E-state index contributed by atoms with van der Waals surface area (Å²) in [5.41, 5.74) is 0.312. The molecule has 132 valence electrons. The smallest absolute Gasteiger partial charge is 0.357 e. The van der Waals surface area contributed by atoms with Crippen molar-refractivity contribution in [1.82, 2.24) is 15.0 Å². The highest BCUT2D eigenvalue weighted by Crippen LogP contribution is 2.31. The van der Waals surface area contributed by atoms with Crippen molar-refractivity contribution in [2.75, 3.05) is 24.6 Å². The summed E-state index contributed by atoms with van der Waals surface area (Å²) in [5, 5.41) is 11.6. The monoisotopic (exact) mass is 362 g/mol. The second-order valence-corrected chi connectivity index (χ2v) is 6.51. The Labute approximate surface area is 148 Å². The number of aromatic carboxylic acids is 1. The molecule has 0 atom stereocenters. The van der Waals surface area contributed by atoms with Crippen LogP contribution in [-0.2, 0) is 4.74 Å². The van der Waals surface area contributed by atoms with E-state index in [-0.39, 0.29) is 11.7 Å². The quantitative estimate of drug-likeness (QED) is 0.807. The van der Waals surface area contributed by atoms with Crippen LogP contribution >= 0.6 is 11.3 Å². The van der Waals surface area contributed by atoms with Gasteiger partial charge in [0.05, 0.1) is 24.0 Å². The highest BCUT2D eigenvalue weighted by atomic mass is 32.1. The summed E-state index contributed by atoms with van der Waals surface area (Å²) in [4.78, 5) is 37.1. The van der Waals surface area contributed by atoms with E-state index >= 15 is 0 Å². The minimum atomic E-state index is -1.08. The maximum atomic E-state index is 11.7. The van der Waals surface area contributed by atoms with Crippen molar-refractivity contribution >= 4 is 29.1 Å². The van der Waals surface area contributed by atoms with Gasteiger partial charge in [0.2, 0.25) is 0 Å². The number of hydrogen-bond donors (Lipinski definition) is 1. The fraction of sp³-hybridized carbons (Fsp3) is 0.438. The largest absolute Gasteiger partial charge is 0.476 e. The van der Waals surface area contributed by atoms with Gasteiger partial charge in [-0.1, -0.05) is 0 Å². The zero-order valence-electron chi connectivity index (χ0n) is 13.7. The SMILES string of the molecule is CCOC(=O)c1csc(C2CCN(c3cnc(C(=O)O)cn3)CC2)n1. The van der Waals surface area contributed by atoms with Crippen molar-refractivity contribution in [2.45, 2.75) is 25.7 Å². The van der Waals surface area contributed by atoms with Gasteiger partial charge in [0.15, 0.2) is 11.4 Å². The summed E-state index contributed by atoms with van der Waals surface area (Å²) in [6, 6.07) is 0. The molecule has 9 heteroatoms. The van der Waals surface area contributed by atoms with E-state index in [0.717, 1.165) is 30.9 Å². The van der Waals surface area contributed by atoms with Crippen LogP contribution in [0.5, 0.6) is 0 Å². The van der Waals surface area contributed by atoms with Gasteiger partial charge in [0.1, 0.15) is 5.82 Å². The van der Waals surface area contributed by atoms with Crippen LogP contribution < -0.4 is 4.90 Å². The molecular weight excluding hydrogens is 344 g/mol. The Bertz CT molecular complexity index is 754. The topological polar surface area (TPSA) is 106 Å². The number of rotatable bonds is 5. The third-order valence-electron chi connectivity index (χ3n) is 4.03. The predicted octanol–water partition coefficient (Wildman–Crippen LogP) is 2.19. The minimum absolute atomic E-state index is 0.0621. The Balaban J connectivity index is 1.60. The van der Waals surface area contributed by atoms with Gasteiger partial charge < -0.3 is 14.7 Å². The first kappa shape index (κ1) is 17.3. The molecule has 0 amide bonds. The predicted molar refractivity (Wildman–Crippen MR) is 91.2 cm³/mol. The van der Waals surface area contributed by atoms with Gasteiger partial charge in [-0.05, 0) is 19.8 Å². The van der Waals surface area contributed by atoms with Crippen LogP contribution in [0.4, 0.5) is 5.82 Å². The average Bonchev–Trinajstić information content (AvgIpc) is 3.12. The Morgan fingerprint density at radius 1 is 1.28 bits per heavy atom. The number of thiazole rings is 1. The fourth-order valence-corrected chi connectivity index (χ4v) is 3.68. The van der Waals surface area contributed by atoms with Crippen LogP contribution in [-0.4, -0.2) is 51.7 Å². The van der Waals surface area contributed by atoms with Gasteiger partial charge in [-0.15, -0.1) is 11.3 Å². The second-order valence-electron chi connectivity index (χ2n) is 5.62. The number of carbonyl (C=O) groups excluding carboxylic acids is 1. The molecule has 8 nitrogen and oxygen atoms in total. The van der Waals surface area contributed by atoms with E-state index in [4.69, 9.17) is 9.84 Å². The average molecular weight is 362 g/mol. The molecule has 0 bridgehead atoms. The number of nitrogens with zero attached hydrogens (tertiary/aromatic N) is 4. The molecule has 0 unspecified atom stereocenters. The first-order chi connectivity index (χ1) is 12.1. The Morgan fingerprint density at radius 3 is 2.64 bits per heavy atom. The number of carboxylic acids is 1. The lowest BCUT2D eigenvalue weighted by Crippen LogP contribution is -2.33. The first-order valence-corrected chi connectivity index (χ1v) is 8.89. The van der Waals surface area contributed by atoms with Crippen molar-refractivity contribution < 1.29 is 19.4 Å². The van der Waals surface area contributed by atoms with E-state index < -0.39 is 5.97 Å². The third kappa shape index (κ3) is 3.93. The van der Waals surface area contributed by atoms with E-state index in [0.29, 0.717) is 24.0 Å². The van der Waals surface area contributed by atoms with Crippen LogP contribution in [0.15, 0.2) is 17.8 Å². The van der Waals surface area contributed by atoms with Crippen LogP contribution in [0.1, 0.15) is 51.7 Å². The zero-order chi connectivity index (χ0) is 17.8. The molecule has 1 N–H and O–H groups in total. The fourth-order valence-electron chi connectivity index (χ4n) is 2.72. The summed E-state index contributed by atoms with van der Waals surface area (Å²) in [6.07, 6.45) is 4.54. The van der Waals surface area contributed by atoms with Gasteiger partial charge >= 0.3 is 11.9 Å². The highest BCUT2D eigenvalue weighted by Gasteiger charge is 2.25. The van der Waals surface area contributed by atoms with Crippen molar-refractivity contribution in [2.24, 2.45) is 0 Å². The number of piperidine rings is 1. The summed E-state index contributed by atoms with van der Waals surface area (Å²) < 4.78 is 4.97. The van der Waals surface area contributed by atoms with E-state index in [1.165, 1.54) is 23.7 Å². The number of hydrogen-bond acceptors (Lipinski definition) is 8. The van der Waals surface area contributed by atoms with Crippen LogP contribution in [0.2, 0.25) is 0 Å². The molecule has 1 aliphatic rings. The van der Waals surface area contributed by atoms with Gasteiger partial charge in [0, 0.05) is 24.4 Å². The van der Waals surface area contributed by atoms with Crippen LogP contribution in [0.3, 0.4) is 0 Å². The number of ether oxygens (including phenoxy) is 1. The van der Waals surface area contributed by atoms with Gasteiger partial charge in [0.25, 0.3) is 0 Å². The Morgan fingerprint density at radius 2 is 2.04 bits per heavy atom. The molecule has 2 aromatic heterocycles. The van der Waals surface area contributed by atoms with E-state index in [1.807, 2.05) is 0 Å². The normalized spacial score (nSPS) is 15.2. The standard InChI is InChI=1S/C16H18N4O4S/c1-2-24-16(23)12-9-25-14(19-12)10-3-5-20(6-4-10)13-8-17-11(7-18-13)15(21)22/h7-10H,2-6H2,1H3,(H,21,22). The first-order valence-electron chi connectivity index (χ1n) is 8.01. The molecule has 0 radical (unpaired) electrons. The molecule has 0 saturated carbocycles. The lowest BCUT2D eigenvalue weighted by Gasteiger charge is -2.31. The second kappa shape index (κ2) is 7.56. The van der Waals surface area contributed by atoms with Gasteiger partial charge in [-0.3, -0.25) is 0 Å². The van der Waals surface area contributed by atoms with Crippen molar-refractivity contribution in [3.63, 3.8) is 0 Å². The lowest BCUT2D eigenvalue weighted by molar-refractivity contribution is 0.0519. The van der Waals surface area contributed by atoms with Gasteiger partial charge in [-0.25, -0.2) is 24.5 Å². The van der Waals surface area contributed by atoms with Crippen LogP contribution in [0.25, 0.3) is 0 Å². The molecule has 1 aliphatic heterocycles. The van der Waals surface area contributed by atoms with E-state index in [9.17, 15) is 9.59 Å². The minimum Gasteiger partial charge on any atom is -0.476 e. The van der Waals surface area contributed by atoms with Crippen LogP contribution in [0, 0.1) is 0 Å². The van der Waals surface area contributed by atoms with Crippen molar-refractivity contribution in [3.8, 4) is 0 Å². The maximum absolute atomic E-state index is 11.7. The number of aromatic nitrogens is 3. The summed E-state index contributed by atoms with van der Waals surface area (Å²) in [5.74, 6) is -0.486. The molecular formula is C16H18N4O4S. The summed E-state index contributed by atoms with van der Waals surface area (Å²) in [6.45, 7) is 3.67. The van der Waals surface area contributed by atoms with E-state index in [2.05, 4.69) is 19.9 Å². The summed E-state index contributed by atoms with van der Waals surface area (Å²) in [7, 11) is 0. The third-order valence-corrected chi connectivity index (χ3v) is 5.04. The molecule has 0 spiro atoms. The molecule has 1 fully saturated rings. The number of carbonyl (C=O) groups is 2. The van der Waals surface area contributed by atoms with Crippen molar-refractivity contribution in [3.05, 3.63) is 34.2 Å². The maximum Gasteiger partial charge on any atom is 0.357 e. The molecule has 1 saturated heterocycles. The number of anilines is 1. The zero-order valence-corrected chi connectivity index (χ0v) is 14.5. The highest BCUT2D eigenvalue weighted by molar-refractivity contribution is 7.09. The van der Waals surface area contributed by atoms with E-state index in [1.54, 1.807) is 12.3 Å². The molecule has 25 heavy (non-hydrogen) atoms. The molecule has 3 rings (SSSR count). The van der Waals surface area contributed by atoms with Crippen molar-refractivity contribution in [1.29, 1.82) is 0 Å². The molecule has 3 heterocycles. The molecule has 0 aliphatic carbocycles. The number of carboxylic acid groups (broad SMARTS) is 1.